The van der Waals surface area contributed by atoms with Gasteiger partial charge in [0.15, 0.2) is 0 Å². The molecule has 0 aliphatic heterocycles. The number of hydrogen-bond acceptors (Lipinski definition) is 5. The van der Waals surface area contributed by atoms with E-state index < -0.39 is 22.2 Å². The van der Waals surface area contributed by atoms with Crippen LogP contribution >= 0.6 is 0 Å². The fraction of sp³-hybridized carbons (Fsp3) is 0.167. The van der Waals surface area contributed by atoms with Crippen LogP contribution in [0.25, 0.3) is 11.3 Å². The van der Waals surface area contributed by atoms with E-state index in [1.165, 1.54) is 7.11 Å². The van der Waals surface area contributed by atoms with Crippen molar-refractivity contribution in [3.05, 3.63) is 45.8 Å². The molecule has 0 saturated heterocycles. The Hall–Kier alpha value is -2.64. The third-order valence-corrected chi connectivity index (χ3v) is 2.72. The number of hydrogen-bond donors (Lipinski definition) is 0. The van der Waals surface area contributed by atoms with Crippen molar-refractivity contribution in [2.75, 3.05) is 7.11 Å². The highest BCUT2D eigenvalue weighted by atomic mass is 19.1. The lowest BCUT2D eigenvalue weighted by molar-refractivity contribution is -0.387. The first-order valence-corrected chi connectivity index (χ1v) is 5.45. The molecule has 0 radical (unpaired) electrons. The number of nitro groups is 1. The Kier molecular flexibility index (Phi) is 3.55. The topological polar surface area (TPSA) is 78.2 Å². The fourth-order valence-electron chi connectivity index (χ4n) is 1.77. The highest BCUT2D eigenvalue weighted by Gasteiger charge is 2.22. The molecule has 1 aromatic heterocycles. The Morgan fingerprint density at radius 3 is 2.55 bits per heavy atom. The van der Waals surface area contributed by atoms with Gasteiger partial charge in [0.2, 0.25) is 11.7 Å². The summed E-state index contributed by atoms with van der Waals surface area (Å²) in [7, 11) is 1.38. The maximum atomic E-state index is 13.8. The molecular formula is C12H9F2N3O3. The summed E-state index contributed by atoms with van der Waals surface area (Å²) in [5.41, 5.74) is -0.498. The molecule has 6 nitrogen and oxygen atoms in total. The highest BCUT2D eigenvalue weighted by Crippen LogP contribution is 2.32. The van der Waals surface area contributed by atoms with Crippen molar-refractivity contribution in [1.82, 2.24) is 9.97 Å². The van der Waals surface area contributed by atoms with Crippen LogP contribution in [0.5, 0.6) is 5.88 Å². The monoisotopic (exact) mass is 281 g/mol. The van der Waals surface area contributed by atoms with Gasteiger partial charge in [-0.15, -0.1) is 0 Å². The van der Waals surface area contributed by atoms with Crippen LogP contribution in [-0.4, -0.2) is 22.0 Å². The fourth-order valence-corrected chi connectivity index (χ4v) is 1.77. The minimum absolute atomic E-state index is 0.109. The molecule has 0 bridgehead atoms. The minimum atomic E-state index is -1.24. The van der Waals surface area contributed by atoms with Crippen LogP contribution in [-0.2, 0) is 0 Å². The smallest absolute Gasteiger partial charge is 0.305 e. The van der Waals surface area contributed by atoms with E-state index in [-0.39, 0.29) is 17.1 Å². The van der Waals surface area contributed by atoms with E-state index in [0.717, 1.165) is 12.4 Å². The van der Waals surface area contributed by atoms with Gasteiger partial charge in [-0.2, -0.15) is 4.39 Å². The van der Waals surface area contributed by atoms with Crippen molar-refractivity contribution < 1.29 is 18.4 Å². The van der Waals surface area contributed by atoms with E-state index in [1.807, 2.05) is 0 Å². The molecule has 0 atom stereocenters. The predicted molar refractivity (Wildman–Crippen MR) is 65.3 cm³/mol. The van der Waals surface area contributed by atoms with Gasteiger partial charge in [0.25, 0.3) is 0 Å². The van der Waals surface area contributed by atoms with Crippen molar-refractivity contribution >= 4 is 5.69 Å². The Morgan fingerprint density at radius 2 is 1.95 bits per heavy atom. The van der Waals surface area contributed by atoms with Gasteiger partial charge < -0.3 is 4.74 Å². The number of methoxy groups -OCH3 is 1. The van der Waals surface area contributed by atoms with E-state index in [4.69, 9.17) is 4.74 Å². The first-order valence-electron chi connectivity index (χ1n) is 5.45. The molecule has 8 heteroatoms. The average Bonchev–Trinajstić information content (AvgIpc) is 2.39. The molecule has 0 N–H and O–H groups in total. The predicted octanol–water partition coefficient (Wildman–Crippen LogP) is 2.65. The molecule has 0 fully saturated rings. The molecule has 2 aromatic rings. The Bertz CT molecular complexity index is 692. The van der Waals surface area contributed by atoms with E-state index in [2.05, 4.69) is 9.97 Å². The second kappa shape index (κ2) is 5.16. The van der Waals surface area contributed by atoms with Gasteiger partial charge in [0, 0.05) is 23.3 Å². The summed E-state index contributed by atoms with van der Waals surface area (Å²) >= 11 is 0. The van der Waals surface area contributed by atoms with Gasteiger partial charge in [-0.05, 0) is 6.92 Å². The Morgan fingerprint density at radius 1 is 1.25 bits per heavy atom. The second-order valence-electron chi connectivity index (χ2n) is 3.90. The molecule has 2 rings (SSSR count). The minimum Gasteiger partial charge on any atom is -0.481 e. The molecular weight excluding hydrogens is 272 g/mol. The van der Waals surface area contributed by atoms with Crippen LogP contribution in [0.2, 0.25) is 0 Å². The molecule has 1 aromatic carbocycles. The van der Waals surface area contributed by atoms with Crippen molar-refractivity contribution in [2.24, 2.45) is 0 Å². The third-order valence-electron chi connectivity index (χ3n) is 2.72. The lowest BCUT2D eigenvalue weighted by Gasteiger charge is -2.09. The molecule has 0 aliphatic rings. The third kappa shape index (κ3) is 2.27. The molecule has 0 amide bonds. The van der Waals surface area contributed by atoms with Crippen molar-refractivity contribution in [1.29, 1.82) is 0 Å². The van der Waals surface area contributed by atoms with Crippen molar-refractivity contribution in [3.8, 4) is 17.1 Å². The number of nitrogens with zero attached hydrogens (tertiary/aromatic N) is 3. The normalized spacial score (nSPS) is 10.4. The largest absolute Gasteiger partial charge is 0.481 e. The number of benzene rings is 1. The zero-order valence-electron chi connectivity index (χ0n) is 10.6. The number of ether oxygens (including phenoxy) is 1. The number of nitro benzene ring substituents is 1. The molecule has 0 aliphatic carbocycles. The summed E-state index contributed by atoms with van der Waals surface area (Å²) in [6, 6.07) is 1.26. The lowest BCUT2D eigenvalue weighted by Crippen LogP contribution is -2.00. The van der Waals surface area contributed by atoms with Crippen molar-refractivity contribution in [3.63, 3.8) is 0 Å². The molecule has 1 heterocycles. The van der Waals surface area contributed by atoms with Crippen molar-refractivity contribution in [2.45, 2.75) is 6.92 Å². The van der Waals surface area contributed by atoms with Crippen LogP contribution < -0.4 is 4.74 Å². The summed E-state index contributed by atoms with van der Waals surface area (Å²) in [4.78, 5) is 17.5. The van der Waals surface area contributed by atoms with E-state index in [9.17, 15) is 18.9 Å². The first-order chi connectivity index (χ1) is 9.45. The van der Waals surface area contributed by atoms with Gasteiger partial charge in [-0.1, -0.05) is 0 Å². The standard InChI is InChI=1S/C12H9F2N3O3/c1-6-11(15-5-16-12(6)20-2)7-3-10(17(18)19)9(14)4-8(7)13/h3-5H,1-2H3. The van der Waals surface area contributed by atoms with Gasteiger partial charge in [0.05, 0.1) is 17.7 Å². The van der Waals surface area contributed by atoms with E-state index >= 15 is 0 Å². The second-order valence-corrected chi connectivity index (χ2v) is 3.90. The average molecular weight is 281 g/mol. The first kappa shape index (κ1) is 13.8. The highest BCUT2D eigenvalue weighted by molar-refractivity contribution is 5.67. The molecule has 0 saturated carbocycles. The van der Waals surface area contributed by atoms with Gasteiger partial charge >= 0.3 is 5.69 Å². The van der Waals surface area contributed by atoms with Crippen LogP contribution in [0, 0.1) is 28.7 Å². The van der Waals surface area contributed by atoms with Gasteiger partial charge in [0.1, 0.15) is 12.1 Å². The molecule has 20 heavy (non-hydrogen) atoms. The zero-order valence-corrected chi connectivity index (χ0v) is 10.6. The summed E-state index contributed by atoms with van der Waals surface area (Å²) in [5.74, 6) is -1.98. The van der Waals surface area contributed by atoms with Gasteiger partial charge in [-0.3, -0.25) is 10.1 Å². The van der Waals surface area contributed by atoms with Crippen LogP contribution in [0.1, 0.15) is 5.56 Å². The number of rotatable bonds is 3. The molecule has 0 unspecified atom stereocenters. The van der Waals surface area contributed by atoms with E-state index in [1.54, 1.807) is 6.92 Å². The molecule has 0 spiro atoms. The summed E-state index contributed by atoms with van der Waals surface area (Å²) in [6.45, 7) is 1.57. The molecule has 104 valence electrons. The number of aromatic nitrogens is 2. The number of halogens is 2. The van der Waals surface area contributed by atoms with Crippen LogP contribution in [0.4, 0.5) is 14.5 Å². The van der Waals surface area contributed by atoms with Gasteiger partial charge in [-0.25, -0.2) is 14.4 Å². The quantitative estimate of drug-likeness (QED) is 0.638. The lowest BCUT2D eigenvalue weighted by atomic mass is 10.1. The maximum Gasteiger partial charge on any atom is 0.305 e. The van der Waals surface area contributed by atoms with Crippen LogP contribution in [0.3, 0.4) is 0 Å². The zero-order chi connectivity index (χ0) is 14.9. The Balaban J connectivity index is 2.70. The summed E-state index contributed by atoms with van der Waals surface area (Å²) in [5, 5.41) is 10.7. The SMILES string of the molecule is COc1ncnc(-c2cc([N+](=O)[O-])c(F)cc2F)c1C. The van der Waals surface area contributed by atoms with Crippen LogP contribution in [0.15, 0.2) is 18.5 Å². The summed E-state index contributed by atoms with van der Waals surface area (Å²) in [6.07, 6.45) is 1.13. The van der Waals surface area contributed by atoms with E-state index in [0.29, 0.717) is 11.6 Å². The Labute approximate surface area is 112 Å². The maximum absolute atomic E-state index is 13.8. The summed E-state index contributed by atoms with van der Waals surface area (Å²) < 4.78 is 32.1.